The van der Waals surface area contributed by atoms with E-state index in [-0.39, 0.29) is 11.5 Å². The second kappa shape index (κ2) is 5.06. The molecule has 1 aromatic heterocycles. The zero-order valence-electron chi connectivity index (χ0n) is 10.7. The number of aromatic nitrogens is 1. The van der Waals surface area contributed by atoms with Gasteiger partial charge in [0.2, 0.25) is 0 Å². The van der Waals surface area contributed by atoms with Crippen LogP contribution in [-0.4, -0.2) is 36.4 Å². The number of carbonyl (C=O) groups is 2. The predicted molar refractivity (Wildman–Crippen MR) is 69.5 cm³/mol. The van der Waals surface area contributed by atoms with E-state index in [9.17, 15) is 9.59 Å². The molecular weight excluding hydrogens is 252 g/mol. The van der Waals surface area contributed by atoms with Gasteiger partial charge in [0.15, 0.2) is 16.6 Å². The molecule has 1 aliphatic carbocycles. The first kappa shape index (κ1) is 13.0. The van der Waals surface area contributed by atoms with Crippen LogP contribution in [0.25, 0.3) is 0 Å². The summed E-state index contributed by atoms with van der Waals surface area (Å²) in [6.07, 6.45) is 2.30. The van der Waals surface area contributed by atoms with Crippen molar-refractivity contribution in [1.82, 2.24) is 4.98 Å². The number of nitrogens with zero attached hydrogens (tertiary/aromatic N) is 2. The van der Waals surface area contributed by atoms with Crippen molar-refractivity contribution in [2.24, 2.45) is 0 Å². The summed E-state index contributed by atoms with van der Waals surface area (Å²) in [6, 6.07) is 0.506. The van der Waals surface area contributed by atoms with E-state index in [4.69, 9.17) is 0 Å². The van der Waals surface area contributed by atoms with E-state index in [1.165, 1.54) is 25.4 Å². The third-order valence-corrected chi connectivity index (χ3v) is 4.08. The highest BCUT2D eigenvalue weighted by Crippen LogP contribution is 2.35. The van der Waals surface area contributed by atoms with Gasteiger partial charge < -0.3 is 9.64 Å². The largest absolute Gasteiger partial charge is 0.464 e. The maximum atomic E-state index is 11.6. The lowest BCUT2D eigenvalue weighted by molar-refractivity contribution is 0.0591. The van der Waals surface area contributed by atoms with Gasteiger partial charge in [-0.2, -0.15) is 0 Å². The number of esters is 1. The van der Waals surface area contributed by atoms with Crippen LogP contribution in [0.4, 0.5) is 5.13 Å². The molecule has 0 saturated heterocycles. The Balaban J connectivity index is 2.37. The molecule has 0 bridgehead atoms. The molecule has 0 unspecified atom stereocenters. The molecular formula is C12H16N2O3S. The van der Waals surface area contributed by atoms with Gasteiger partial charge in [-0.15, -0.1) is 0 Å². The van der Waals surface area contributed by atoms with Crippen LogP contribution in [0.1, 0.15) is 46.8 Å². The Morgan fingerprint density at radius 3 is 2.61 bits per heavy atom. The molecule has 0 aliphatic heterocycles. The molecule has 0 amide bonds. The normalized spacial score (nSPS) is 14.4. The van der Waals surface area contributed by atoms with Crippen LogP contribution < -0.4 is 4.90 Å². The van der Waals surface area contributed by atoms with Gasteiger partial charge in [0.05, 0.1) is 7.11 Å². The minimum atomic E-state index is -0.547. The first-order valence-electron chi connectivity index (χ1n) is 5.95. The van der Waals surface area contributed by atoms with Gasteiger partial charge in [-0.05, 0) is 19.8 Å². The summed E-state index contributed by atoms with van der Waals surface area (Å²) in [7, 11) is 1.30. The average Bonchev–Trinajstić information content (AvgIpc) is 3.07. The Hall–Kier alpha value is -1.43. The standard InChI is InChI=1S/C12H16N2O3S/c1-4-14(8-5-6-8)12-13-9(11(16)17-3)10(18-12)7(2)15/h8H,4-6H2,1-3H3. The van der Waals surface area contributed by atoms with Crippen LogP contribution in [-0.2, 0) is 4.74 Å². The quantitative estimate of drug-likeness (QED) is 0.604. The number of hydrogen-bond donors (Lipinski definition) is 0. The number of hydrogen-bond acceptors (Lipinski definition) is 6. The van der Waals surface area contributed by atoms with Crippen molar-refractivity contribution in [2.45, 2.75) is 32.7 Å². The predicted octanol–water partition coefficient (Wildman–Crippen LogP) is 2.12. The Labute approximate surface area is 110 Å². The van der Waals surface area contributed by atoms with Gasteiger partial charge in [-0.3, -0.25) is 4.79 Å². The van der Waals surface area contributed by atoms with Gasteiger partial charge in [0.25, 0.3) is 0 Å². The first-order chi connectivity index (χ1) is 8.58. The second-order valence-corrected chi connectivity index (χ2v) is 5.22. The van der Waals surface area contributed by atoms with E-state index in [0.717, 1.165) is 24.5 Å². The van der Waals surface area contributed by atoms with Crippen LogP contribution in [0.3, 0.4) is 0 Å². The zero-order chi connectivity index (χ0) is 13.3. The van der Waals surface area contributed by atoms with Crippen molar-refractivity contribution >= 4 is 28.2 Å². The number of carbonyl (C=O) groups excluding carboxylic acids is 2. The van der Waals surface area contributed by atoms with Crippen LogP contribution in [0, 0.1) is 0 Å². The van der Waals surface area contributed by atoms with E-state index in [1.807, 2.05) is 6.92 Å². The maximum Gasteiger partial charge on any atom is 0.358 e. The van der Waals surface area contributed by atoms with Crippen molar-refractivity contribution in [3.8, 4) is 0 Å². The lowest BCUT2D eigenvalue weighted by Crippen LogP contribution is -2.24. The number of ketones is 1. The van der Waals surface area contributed by atoms with Crippen LogP contribution >= 0.6 is 11.3 Å². The van der Waals surface area contributed by atoms with Crippen LogP contribution in [0.2, 0.25) is 0 Å². The van der Waals surface area contributed by atoms with Crippen molar-refractivity contribution in [3.05, 3.63) is 10.6 Å². The van der Waals surface area contributed by atoms with Crippen molar-refractivity contribution in [2.75, 3.05) is 18.6 Å². The summed E-state index contributed by atoms with van der Waals surface area (Å²) in [4.78, 5) is 30.0. The van der Waals surface area contributed by atoms with Crippen LogP contribution in [0.5, 0.6) is 0 Å². The summed E-state index contributed by atoms with van der Waals surface area (Å²) in [6.45, 7) is 4.32. The molecule has 0 spiro atoms. The summed E-state index contributed by atoms with van der Waals surface area (Å²) in [5.41, 5.74) is 0.143. The number of Topliss-reactive ketones (excluding diaryl/α,β-unsaturated/α-hetero) is 1. The Morgan fingerprint density at radius 2 is 2.17 bits per heavy atom. The van der Waals surface area contributed by atoms with E-state index in [2.05, 4.69) is 14.6 Å². The highest BCUT2D eigenvalue weighted by atomic mass is 32.1. The summed E-state index contributed by atoms with van der Waals surface area (Å²) < 4.78 is 4.66. The molecule has 1 heterocycles. The molecule has 5 nitrogen and oxygen atoms in total. The molecule has 1 saturated carbocycles. The third kappa shape index (κ3) is 2.38. The lowest BCUT2D eigenvalue weighted by Gasteiger charge is -2.18. The molecule has 6 heteroatoms. The number of rotatable bonds is 5. The molecule has 1 aliphatic rings. The van der Waals surface area contributed by atoms with Crippen molar-refractivity contribution < 1.29 is 14.3 Å². The first-order valence-corrected chi connectivity index (χ1v) is 6.76. The topological polar surface area (TPSA) is 59.5 Å². The van der Waals surface area contributed by atoms with Crippen molar-refractivity contribution in [1.29, 1.82) is 0 Å². The molecule has 0 radical (unpaired) electrons. The minimum absolute atomic E-state index is 0.143. The Kier molecular flexibility index (Phi) is 3.65. The Bertz CT molecular complexity index is 480. The fourth-order valence-corrected chi connectivity index (χ4v) is 2.93. The molecule has 98 valence electrons. The fourth-order valence-electron chi connectivity index (χ4n) is 1.84. The van der Waals surface area contributed by atoms with Gasteiger partial charge in [-0.1, -0.05) is 11.3 Å². The summed E-state index contributed by atoms with van der Waals surface area (Å²) >= 11 is 1.28. The highest BCUT2D eigenvalue weighted by Gasteiger charge is 2.32. The number of thiazole rings is 1. The average molecular weight is 268 g/mol. The van der Waals surface area contributed by atoms with Crippen molar-refractivity contribution in [3.63, 3.8) is 0 Å². The summed E-state index contributed by atoms with van der Waals surface area (Å²) in [5.74, 6) is -0.694. The van der Waals surface area contributed by atoms with E-state index in [1.54, 1.807) is 0 Å². The fraction of sp³-hybridized carbons (Fsp3) is 0.583. The highest BCUT2D eigenvalue weighted by molar-refractivity contribution is 7.17. The Morgan fingerprint density at radius 1 is 1.50 bits per heavy atom. The van der Waals surface area contributed by atoms with Gasteiger partial charge in [-0.25, -0.2) is 9.78 Å². The van der Waals surface area contributed by atoms with Gasteiger partial charge in [0.1, 0.15) is 4.88 Å². The second-order valence-electron chi connectivity index (χ2n) is 4.24. The molecule has 0 atom stereocenters. The van der Waals surface area contributed by atoms with E-state index in [0.29, 0.717) is 10.9 Å². The van der Waals surface area contributed by atoms with Gasteiger partial charge >= 0.3 is 5.97 Å². The van der Waals surface area contributed by atoms with E-state index < -0.39 is 5.97 Å². The number of anilines is 1. The zero-order valence-corrected chi connectivity index (χ0v) is 11.5. The van der Waals surface area contributed by atoms with Crippen LogP contribution in [0.15, 0.2) is 0 Å². The summed E-state index contributed by atoms with van der Waals surface area (Å²) in [5, 5.41) is 0.741. The smallest absolute Gasteiger partial charge is 0.358 e. The lowest BCUT2D eigenvalue weighted by atomic mass is 10.3. The minimum Gasteiger partial charge on any atom is -0.464 e. The van der Waals surface area contributed by atoms with Gasteiger partial charge in [0, 0.05) is 19.5 Å². The molecule has 2 rings (SSSR count). The molecule has 1 fully saturated rings. The number of ether oxygens (including phenoxy) is 1. The monoisotopic (exact) mass is 268 g/mol. The van der Waals surface area contributed by atoms with E-state index >= 15 is 0 Å². The molecule has 1 aromatic rings. The maximum absolute atomic E-state index is 11.6. The molecule has 0 N–H and O–H groups in total. The molecule has 0 aromatic carbocycles. The SMILES string of the molecule is CCN(c1nc(C(=O)OC)c(C(C)=O)s1)C1CC1. The molecule has 18 heavy (non-hydrogen) atoms. The third-order valence-electron chi connectivity index (χ3n) is 2.89. The number of methoxy groups -OCH3 is 1.